The van der Waals surface area contributed by atoms with Crippen LogP contribution in [0.15, 0.2) is 48.5 Å². The Balaban J connectivity index is 1.81. The Bertz CT molecular complexity index is 764. The Kier molecular flexibility index (Phi) is 5.40. The van der Waals surface area contributed by atoms with Gasteiger partial charge in [-0.05, 0) is 24.3 Å². The van der Waals surface area contributed by atoms with Gasteiger partial charge < -0.3 is 5.32 Å². The number of carbonyl (C=O) groups is 2. The molecule has 0 bridgehead atoms. The average Bonchev–Trinajstić information content (AvgIpc) is 2.59. The van der Waals surface area contributed by atoms with Gasteiger partial charge in [-0.15, -0.1) is 0 Å². The summed E-state index contributed by atoms with van der Waals surface area (Å²) in [5.41, 5.74) is 4.46. The number of para-hydroxylation sites is 1. The van der Waals surface area contributed by atoms with Crippen LogP contribution in [0.1, 0.15) is 10.4 Å². The Morgan fingerprint density at radius 3 is 2.33 bits per heavy atom. The number of amides is 2. The van der Waals surface area contributed by atoms with Crippen LogP contribution in [0.5, 0.6) is 0 Å². The number of anilines is 1. The van der Waals surface area contributed by atoms with Crippen molar-refractivity contribution in [3.05, 3.63) is 70.0 Å². The zero-order valence-electron chi connectivity index (χ0n) is 12.3. The van der Waals surface area contributed by atoms with Crippen LogP contribution in [0.25, 0.3) is 0 Å². The molecule has 2 aromatic carbocycles. The summed E-state index contributed by atoms with van der Waals surface area (Å²) in [6, 6.07) is 10.7. The molecule has 0 saturated carbocycles. The van der Waals surface area contributed by atoms with Gasteiger partial charge >= 0.3 is 0 Å². The average molecular weight is 332 g/mol. The number of halogens is 1. The fourth-order valence-corrected chi connectivity index (χ4v) is 1.76. The lowest BCUT2D eigenvalue weighted by Gasteiger charge is -2.09. The fraction of sp³-hybridized carbons (Fsp3) is 0.0667. The van der Waals surface area contributed by atoms with E-state index in [9.17, 15) is 24.1 Å². The lowest BCUT2D eigenvalue weighted by Crippen LogP contribution is -2.44. The molecule has 0 fully saturated rings. The molecule has 0 unspecified atom stereocenters. The molecule has 2 aromatic rings. The third kappa shape index (κ3) is 4.50. The number of hydrogen-bond donors (Lipinski definition) is 3. The molecule has 2 amide bonds. The lowest BCUT2D eigenvalue weighted by molar-refractivity contribution is -0.384. The van der Waals surface area contributed by atoms with Crippen LogP contribution < -0.4 is 16.2 Å². The summed E-state index contributed by atoms with van der Waals surface area (Å²) >= 11 is 0. The first-order valence-electron chi connectivity index (χ1n) is 6.79. The van der Waals surface area contributed by atoms with E-state index < -0.39 is 22.6 Å². The molecule has 0 radical (unpaired) electrons. The number of hydrogen-bond acceptors (Lipinski definition) is 5. The van der Waals surface area contributed by atoms with E-state index in [2.05, 4.69) is 16.2 Å². The lowest BCUT2D eigenvalue weighted by atomic mass is 10.2. The second-order valence-electron chi connectivity index (χ2n) is 4.64. The zero-order chi connectivity index (χ0) is 17.5. The van der Waals surface area contributed by atoms with E-state index in [0.29, 0.717) is 0 Å². The van der Waals surface area contributed by atoms with Gasteiger partial charge in [-0.2, -0.15) is 0 Å². The van der Waals surface area contributed by atoms with Crippen LogP contribution in [0, 0.1) is 15.9 Å². The third-order valence-electron chi connectivity index (χ3n) is 2.97. The van der Waals surface area contributed by atoms with Gasteiger partial charge in [0.15, 0.2) is 0 Å². The summed E-state index contributed by atoms with van der Waals surface area (Å²) in [5.74, 6) is -1.72. The minimum absolute atomic E-state index is 0.142. The van der Waals surface area contributed by atoms with E-state index in [-0.39, 0.29) is 23.5 Å². The molecule has 24 heavy (non-hydrogen) atoms. The van der Waals surface area contributed by atoms with Crippen molar-refractivity contribution in [2.45, 2.75) is 0 Å². The molecule has 0 atom stereocenters. The van der Waals surface area contributed by atoms with Crippen LogP contribution in [-0.2, 0) is 4.79 Å². The predicted molar refractivity (Wildman–Crippen MR) is 83.6 cm³/mol. The van der Waals surface area contributed by atoms with E-state index in [1.807, 2.05) is 0 Å². The van der Waals surface area contributed by atoms with Crippen molar-refractivity contribution < 1.29 is 18.9 Å². The van der Waals surface area contributed by atoms with E-state index >= 15 is 0 Å². The second kappa shape index (κ2) is 7.68. The summed E-state index contributed by atoms with van der Waals surface area (Å²) < 4.78 is 13.4. The Labute approximate surface area is 135 Å². The van der Waals surface area contributed by atoms with Crippen LogP contribution >= 0.6 is 0 Å². The molecule has 0 spiro atoms. The van der Waals surface area contributed by atoms with Crippen LogP contribution in [0.2, 0.25) is 0 Å². The van der Waals surface area contributed by atoms with Crippen LogP contribution in [0.3, 0.4) is 0 Å². The van der Waals surface area contributed by atoms with Crippen LogP contribution in [-0.4, -0.2) is 23.3 Å². The summed E-state index contributed by atoms with van der Waals surface area (Å²) in [5, 5.41) is 13.1. The Morgan fingerprint density at radius 2 is 1.71 bits per heavy atom. The van der Waals surface area contributed by atoms with Gasteiger partial charge in [0.2, 0.25) is 0 Å². The molecular weight excluding hydrogens is 319 g/mol. The second-order valence-corrected chi connectivity index (χ2v) is 4.64. The molecule has 0 aromatic heterocycles. The predicted octanol–water partition coefficient (Wildman–Crippen LogP) is 1.61. The molecule has 2 rings (SSSR count). The fourth-order valence-electron chi connectivity index (χ4n) is 1.76. The first kappa shape index (κ1) is 16.9. The van der Waals surface area contributed by atoms with Crippen molar-refractivity contribution in [3.63, 3.8) is 0 Å². The van der Waals surface area contributed by atoms with E-state index in [0.717, 1.165) is 0 Å². The van der Waals surface area contributed by atoms with Crippen LogP contribution in [0.4, 0.5) is 15.8 Å². The van der Waals surface area contributed by atoms with E-state index in [4.69, 9.17) is 0 Å². The maximum absolute atomic E-state index is 13.4. The van der Waals surface area contributed by atoms with E-state index in [1.54, 1.807) is 6.07 Å². The molecule has 0 saturated heterocycles. The van der Waals surface area contributed by atoms with Crippen molar-refractivity contribution in [2.24, 2.45) is 0 Å². The highest BCUT2D eigenvalue weighted by Gasteiger charge is 2.10. The number of non-ortho nitro benzene ring substituents is 1. The molecule has 0 heterocycles. The zero-order valence-corrected chi connectivity index (χ0v) is 12.3. The number of carbonyl (C=O) groups excluding carboxylic acids is 2. The van der Waals surface area contributed by atoms with Crippen molar-refractivity contribution in [1.82, 2.24) is 10.9 Å². The number of nitrogens with zero attached hydrogens (tertiary/aromatic N) is 1. The number of hydrazine groups is 1. The molecule has 9 heteroatoms. The maximum Gasteiger partial charge on any atom is 0.269 e. The van der Waals surface area contributed by atoms with Crippen molar-refractivity contribution in [2.75, 3.05) is 11.9 Å². The topological polar surface area (TPSA) is 113 Å². The third-order valence-corrected chi connectivity index (χ3v) is 2.97. The smallest absolute Gasteiger partial charge is 0.269 e. The Hall–Kier alpha value is -3.49. The monoisotopic (exact) mass is 332 g/mol. The van der Waals surface area contributed by atoms with Gasteiger partial charge in [-0.25, -0.2) is 4.39 Å². The highest BCUT2D eigenvalue weighted by atomic mass is 19.1. The highest BCUT2D eigenvalue weighted by Crippen LogP contribution is 2.12. The standard InChI is InChI=1S/C15H13FN4O4/c16-12-3-1-2-4-13(12)17-9-14(21)18-19-15(22)10-5-7-11(8-6-10)20(23)24/h1-8,17H,9H2,(H,18,21)(H,19,22). The van der Waals surface area contributed by atoms with Crippen molar-refractivity contribution >= 4 is 23.2 Å². The molecule has 0 aliphatic rings. The number of nitrogens with one attached hydrogen (secondary N) is 3. The van der Waals surface area contributed by atoms with E-state index in [1.165, 1.54) is 42.5 Å². The van der Waals surface area contributed by atoms with Crippen molar-refractivity contribution in [1.29, 1.82) is 0 Å². The summed E-state index contributed by atoms with van der Waals surface area (Å²) in [7, 11) is 0. The summed E-state index contributed by atoms with van der Waals surface area (Å²) in [6.07, 6.45) is 0. The summed E-state index contributed by atoms with van der Waals surface area (Å²) in [6.45, 7) is -0.249. The van der Waals surface area contributed by atoms with Gasteiger partial charge in [-0.1, -0.05) is 12.1 Å². The minimum Gasteiger partial charge on any atom is -0.374 e. The quantitative estimate of drug-likeness (QED) is 0.568. The number of rotatable bonds is 5. The molecule has 124 valence electrons. The summed E-state index contributed by atoms with van der Waals surface area (Å²) in [4.78, 5) is 33.3. The van der Waals surface area contributed by atoms with Gasteiger partial charge in [0.25, 0.3) is 17.5 Å². The molecule has 8 nitrogen and oxygen atoms in total. The Morgan fingerprint density at radius 1 is 1.04 bits per heavy atom. The maximum atomic E-state index is 13.4. The van der Waals surface area contributed by atoms with Gasteiger partial charge in [0, 0.05) is 17.7 Å². The van der Waals surface area contributed by atoms with Gasteiger partial charge in [0.05, 0.1) is 17.2 Å². The normalized spacial score (nSPS) is 9.88. The van der Waals surface area contributed by atoms with Gasteiger partial charge in [0.1, 0.15) is 5.82 Å². The number of nitro benzene ring substituents is 1. The SMILES string of the molecule is O=C(CNc1ccccc1F)NNC(=O)c1ccc([N+](=O)[O-])cc1. The number of nitro groups is 1. The molecule has 0 aliphatic carbocycles. The minimum atomic E-state index is -0.635. The molecule has 3 N–H and O–H groups in total. The molecular formula is C15H13FN4O4. The first-order chi connectivity index (χ1) is 11.5. The number of benzene rings is 2. The molecule has 0 aliphatic heterocycles. The highest BCUT2D eigenvalue weighted by molar-refractivity contribution is 5.95. The largest absolute Gasteiger partial charge is 0.374 e. The van der Waals surface area contributed by atoms with Gasteiger partial charge in [-0.3, -0.25) is 30.6 Å². The first-order valence-corrected chi connectivity index (χ1v) is 6.79. The van der Waals surface area contributed by atoms with Crippen molar-refractivity contribution in [3.8, 4) is 0 Å².